The summed E-state index contributed by atoms with van der Waals surface area (Å²) in [4.78, 5) is 22.3. The molecular formula is C41H39FO7. The molecule has 1 aliphatic rings. The maximum atomic E-state index is 14.4. The molecule has 0 bridgehead atoms. The number of aromatic hydroxyl groups is 1. The molecule has 0 aliphatic heterocycles. The first kappa shape index (κ1) is 36.1. The Labute approximate surface area is 286 Å². The number of carboxylic acids is 1. The lowest BCUT2D eigenvalue weighted by Crippen LogP contribution is -2.07. The zero-order valence-electron chi connectivity index (χ0n) is 28.0. The third-order valence-corrected chi connectivity index (χ3v) is 8.12. The van der Waals surface area contributed by atoms with E-state index in [4.69, 9.17) is 19.7 Å². The maximum Gasteiger partial charge on any atom is 0.307 e. The summed E-state index contributed by atoms with van der Waals surface area (Å²) in [5.41, 5.74) is 5.34. The van der Waals surface area contributed by atoms with Crippen LogP contribution in [0.15, 0.2) is 84.9 Å². The van der Waals surface area contributed by atoms with Gasteiger partial charge in [-0.3, -0.25) is 9.59 Å². The van der Waals surface area contributed by atoms with Crippen LogP contribution in [0, 0.1) is 29.5 Å². The highest BCUT2D eigenvalue weighted by Crippen LogP contribution is 2.38. The van der Waals surface area contributed by atoms with Crippen LogP contribution in [0.5, 0.6) is 17.2 Å². The molecule has 0 radical (unpaired) electrons. The molecular weight excluding hydrogens is 623 g/mol. The van der Waals surface area contributed by atoms with Crippen LogP contribution in [0.3, 0.4) is 0 Å². The minimum absolute atomic E-state index is 0.0345. The minimum Gasteiger partial charge on any atom is -0.508 e. The first-order valence-corrected chi connectivity index (χ1v) is 15.8. The third kappa shape index (κ3) is 9.89. The van der Waals surface area contributed by atoms with E-state index in [2.05, 4.69) is 28.4 Å². The Hall–Kier alpha value is -5.73. The molecule has 0 saturated carbocycles. The number of esters is 1. The molecule has 5 rings (SSSR count). The van der Waals surface area contributed by atoms with Gasteiger partial charge in [0.25, 0.3) is 0 Å². The number of hydrogen-bond acceptors (Lipinski definition) is 6. The third-order valence-electron chi connectivity index (χ3n) is 8.12. The molecule has 0 heterocycles. The van der Waals surface area contributed by atoms with Crippen molar-refractivity contribution in [1.29, 1.82) is 0 Å². The Morgan fingerprint density at radius 3 is 2.04 bits per heavy atom. The number of ether oxygens (including phenoxy) is 3. The first-order chi connectivity index (χ1) is 23.6. The molecule has 0 spiro atoms. The van der Waals surface area contributed by atoms with E-state index in [1.54, 1.807) is 57.4 Å². The topological polar surface area (TPSA) is 102 Å². The second-order valence-electron chi connectivity index (χ2n) is 11.3. The Balaban J connectivity index is 0.000000284. The fourth-order valence-electron chi connectivity index (χ4n) is 5.65. The van der Waals surface area contributed by atoms with Gasteiger partial charge in [-0.05, 0) is 97.0 Å². The van der Waals surface area contributed by atoms with Crippen molar-refractivity contribution in [3.63, 3.8) is 0 Å². The van der Waals surface area contributed by atoms with Gasteiger partial charge in [0, 0.05) is 5.56 Å². The number of aliphatic carboxylic acids is 1. The van der Waals surface area contributed by atoms with E-state index in [0.29, 0.717) is 11.3 Å². The molecule has 0 aromatic heterocycles. The van der Waals surface area contributed by atoms with Crippen molar-refractivity contribution < 1.29 is 38.4 Å². The van der Waals surface area contributed by atoms with Gasteiger partial charge in [-0.15, -0.1) is 11.8 Å². The number of rotatable bonds is 10. The second kappa shape index (κ2) is 17.4. The van der Waals surface area contributed by atoms with E-state index in [-0.39, 0.29) is 48.3 Å². The van der Waals surface area contributed by atoms with Crippen molar-refractivity contribution >= 4 is 11.9 Å². The number of phenolic OH excluding ortho intramolecular Hbond substituents is 1. The molecule has 49 heavy (non-hydrogen) atoms. The van der Waals surface area contributed by atoms with Crippen LogP contribution in [-0.2, 0) is 20.7 Å². The highest BCUT2D eigenvalue weighted by Gasteiger charge is 2.25. The predicted octanol–water partition coefficient (Wildman–Crippen LogP) is 8.21. The molecule has 1 aliphatic carbocycles. The van der Waals surface area contributed by atoms with Gasteiger partial charge in [0.05, 0.1) is 38.9 Å². The molecule has 3 atom stereocenters. The van der Waals surface area contributed by atoms with Crippen LogP contribution in [0.2, 0.25) is 0 Å². The van der Waals surface area contributed by atoms with Crippen molar-refractivity contribution in [2.75, 3.05) is 14.2 Å². The van der Waals surface area contributed by atoms with Gasteiger partial charge in [0.1, 0.15) is 29.2 Å². The summed E-state index contributed by atoms with van der Waals surface area (Å²) >= 11 is 0. The average Bonchev–Trinajstić information content (AvgIpc) is 3.50. The molecule has 0 amide bonds. The Bertz CT molecular complexity index is 1880. The number of carboxylic acid groups (broad SMARTS) is 1. The predicted molar refractivity (Wildman–Crippen MR) is 186 cm³/mol. The van der Waals surface area contributed by atoms with Crippen molar-refractivity contribution in [3.8, 4) is 52.1 Å². The number of phenols is 1. The largest absolute Gasteiger partial charge is 0.508 e. The Morgan fingerprint density at radius 2 is 1.45 bits per heavy atom. The van der Waals surface area contributed by atoms with E-state index in [1.807, 2.05) is 42.5 Å². The van der Waals surface area contributed by atoms with Crippen molar-refractivity contribution in [2.24, 2.45) is 0 Å². The number of aryl methyl sites for hydroxylation is 1. The van der Waals surface area contributed by atoms with Crippen LogP contribution in [0.25, 0.3) is 11.1 Å². The lowest BCUT2D eigenvalue weighted by molar-refractivity contribution is -0.141. The van der Waals surface area contributed by atoms with Gasteiger partial charge in [-0.2, -0.15) is 0 Å². The van der Waals surface area contributed by atoms with Gasteiger partial charge in [-0.25, -0.2) is 4.39 Å². The molecule has 2 N–H and O–H groups in total. The zero-order chi connectivity index (χ0) is 35.3. The van der Waals surface area contributed by atoms with E-state index in [9.17, 15) is 14.0 Å². The standard InChI is InChI=1S/C28H25FO4.C13H14O3/c1-3-4-19(16-28(30)31)18-5-9-22(10-6-18)33-27-14-8-20-15-21(7-12-24(20)27)25-17-23(32-2)11-13-26(25)29;1-3-4-11(9-13(15)16-2)10-5-7-12(14)8-6-10/h5-7,9-13,15,17,19,27H,8,14,16H2,1-2H3,(H,30,31);5-8,11,14H,9H2,1-2H3/t19-,27?;11-/m00/s1. The van der Waals surface area contributed by atoms with Crippen LogP contribution in [0.1, 0.15) is 73.3 Å². The quantitative estimate of drug-likeness (QED) is 0.130. The lowest BCUT2D eigenvalue weighted by Gasteiger charge is -2.16. The smallest absolute Gasteiger partial charge is 0.307 e. The first-order valence-electron chi connectivity index (χ1n) is 15.8. The molecule has 7 nitrogen and oxygen atoms in total. The van der Waals surface area contributed by atoms with Crippen LogP contribution in [0.4, 0.5) is 4.39 Å². The summed E-state index contributed by atoms with van der Waals surface area (Å²) in [6.45, 7) is 3.43. The minimum atomic E-state index is -0.876. The Morgan fingerprint density at radius 1 is 0.837 bits per heavy atom. The highest BCUT2D eigenvalue weighted by molar-refractivity contribution is 5.71. The van der Waals surface area contributed by atoms with E-state index in [1.165, 1.54) is 13.2 Å². The van der Waals surface area contributed by atoms with Crippen molar-refractivity contribution in [3.05, 3.63) is 113 Å². The summed E-state index contributed by atoms with van der Waals surface area (Å²) < 4.78 is 30.5. The van der Waals surface area contributed by atoms with Crippen LogP contribution < -0.4 is 9.47 Å². The van der Waals surface area contributed by atoms with Gasteiger partial charge in [-0.1, -0.05) is 54.3 Å². The average molecular weight is 663 g/mol. The summed E-state index contributed by atoms with van der Waals surface area (Å²) in [7, 11) is 2.92. The number of carbonyl (C=O) groups excluding carboxylic acids is 1. The fourth-order valence-corrected chi connectivity index (χ4v) is 5.65. The molecule has 8 heteroatoms. The normalized spacial score (nSPS) is 13.9. The number of halogens is 1. The number of fused-ring (bicyclic) bond motifs is 1. The van der Waals surface area contributed by atoms with Gasteiger partial charge >= 0.3 is 11.9 Å². The maximum absolute atomic E-state index is 14.4. The summed E-state index contributed by atoms with van der Waals surface area (Å²) in [5.74, 6) is 11.1. The number of benzene rings is 4. The number of carbonyl (C=O) groups is 2. The van der Waals surface area contributed by atoms with Crippen LogP contribution in [-0.4, -0.2) is 36.4 Å². The lowest BCUT2D eigenvalue weighted by atomic mass is 9.96. The number of hydrogen-bond donors (Lipinski definition) is 2. The zero-order valence-corrected chi connectivity index (χ0v) is 28.0. The van der Waals surface area contributed by atoms with E-state index < -0.39 is 5.97 Å². The summed E-state index contributed by atoms with van der Waals surface area (Å²) in [6, 6.07) is 24.8. The highest BCUT2D eigenvalue weighted by atomic mass is 19.1. The summed E-state index contributed by atoms with van der Waals surface area (Å²) in [6.07, 6.45) is 1.80. The molecule has 252 valence electrons. The fraction of sp³-hybridized carbons (Fsp3) is 0.268. The van der Waals surface area contributed by atoms with Gasteiger partial charge in [0.2, 0.25) is 0 Å². The van der Waals surface area contributed by atoms with Crippen molar-refractivity contribution in [2.45, 2.75) is 57.5 Å². The second-order valence-corrected chi connectivity index (χ2v) is 11.3. The Kier molecular flexibility index (Phi) is 12.8. The van der Waals surface area contributed by atoms with Gasteiger partial charge in [0.15, 0.2) is 0 Å². The van der Waals surface area contributed by atoms with Crippen LogP contribution >= 0.6 is 0 Å². The molecule has 1 unspecified atom stereocenters. The SMILES string of the molecule is CC#C[C@@H](CC(=O)O)c1ccc(OC2CCc3cc(-c4cc(OC)ccc4F)ccc32)cc1.CC#C[C@@H](CC(=O)OC)c1ccc(O)cc1. The molecule has 0 fully saturated rings. The molecule has 4 aromatic rings. The van der Waals surface area contributed by atoms with E-state index >= 15 is 0 Å². The van der Waals surface area contributed by atoms with E-state index in [0.717, 1.165) is 46.4 Å². The molecule has 4 aromatic carbocycles. The van der Waals surface area contributed by atoms with Gasteiger partial charge < -0.3 is 24.4 Å². The summed E-state index contributed by atoms with van der Waals surface area (Å²) in [5, 5.41) is 18.3. The van der Waals surface area contributed by atoms with Crippen molar-refractivity contribution in [1.82, 2.24) is 0 Å². The molecule has 0 saturated heterocycles. The monoisotopic (exact) mass is 662 g/mol. The number of methoxy groups -OCH3 is 2.